The molecule has 0 amide bonds. The number of pyridine rings is 1. The van der Waals surface area contributed by atoms with Gasteiger partial charge in [-0.1, -0.05) is 6.07 Å². The van der Waals surface area contributed by atoms with Crippen LogP contribution in [0.2, 0.25) is 0 Å². The van der Waals surface area contributed by atoms with Gasteiger partial charge in [0.2, 0.25) is 0 Å². The van der Waals surface area contributed by atoms with Gasteiger partial charge in [-0.3, -0.25) is 4.79 Å². The van der Waals surface area contributed by atoms with Gasteiger partial charge in [0.25, 0.3) is 5.56 Å². The maximum atomic E-state index is 11.9. The second kappa shape index (κ2) is 4.49. The minimum absolute atomic E-state index is 0.0307. The zero-order chi connectivity index (χ0) is 12.4. The van der Waals surface area contributed by atoms with Crippen molar-refractivity contribution in [2.45, 2.75) is 27.3 Å². The normalized spacial score (nSPS) is 10.5. The van der Waals surface area contributed by atoms with Gasteiger partial charge in [0.1, 0.15) is 6.33 Å². The van der Waals surface area contributed by atoms with E-state index in [4.69, 9.17) is 0 Å². The SMILES string of the molecule is Cc1ncnc(Cn2cccc(C)c2=O)c1C. The fraction of sp³-hybridized carbons (Fsp3) is 0.308. The van der Waals surface area contributed by atoms with Crippen molar-refractivity contribution in [2.24, 2.45) is 0 Å². The van der Waals surface area contributed by atoms with Crippen LogP contribution in [0.1, 0.15) is 22.5 Å². The summed E-state index contributed by atoms with van der Waals surface area (Å²) in [6.45, 7) is 6.23. The van der Waals surface area contributed by atoms with Gasteiger partial charge < -0.3 is 4.57 Å². The van der Waals surface area contributed by atoms with E-state index in [0.29, 0.717) is 6.54 Å². The molecule has 88 valence electrons. The van der Waals surface area contributed by atoms with Crippen molar-refractivity contribution in [3.05, 3.63) is 57.5 Å². The highest BCUT2D eigenvalue weighted by atomic mass is 16.1. The Morgan fingerprint density at radius 2 is 2.00 bits per heavy atom. The highest BCUT2D eigenvalue weighted by Gasteiger charge is 2.06. The van der Waals surface area contributed by atoms with E-state index in [0.717, 1.165) is 22.5 Å². The summed E-state index contributed by atoms with van der Waals surface area (Å²) >= 11 is 0. The predicted octanol–water partition coefficient (Wildman–Crippen LogP) is 1.61. The first kappa shape index (κ1) is 11.5. The van der Waals surface area contributed by atoms with Crippen molar-refractivity contribution < 1.29 is 0 Å². The maximum absolute atomic E-state index is 11.9. The smallest absolute Gasteiger partial charge is 0.253 e. The lowest BCUT2D eigenvalue weighted by Gasteiger charge is -2.09. The Kier molecular flexibility index (Phi) is 3.04. The summed E-state index contributed by atoms with van der Waals surface area (Å²) in [4.78, 5) is 20.2. The molecule has 0 aliphatic carbocycles. The molecule has 0 radical (unpaired) electrons. The van der Waals surface area contributed by atoms with Crippen LogP contribution in [0.15, 0.2) is 29.5 Å². The van der Waals surface area contributed by atoms with Crippen molar-refractivity contribution in [1.82, 2.24) is 14.5 Å². The lowest BCUT2D eigenvalue weighted by molar-refractivity contribution is 0.722. The quantitative estimate of drug-likeness (QED) is 0.786. The van der Waals surface area contributed by atoms with Gasteiger partial charge in [-0.15, -0.1) is 0 Å². The fourth-order valence-electron chi connectivity index (χ4n) is 1.69. The molecule has 2 rings (SSSR count). The summed E-state index contributed by atoms with van der Waals surface area (Å²) in [5.41, 5.74) is 3.67. The van der Waals surface area contributed by atoms with E-state index < -0.39 is 0 Å². The van der Waals surface area contributed by atoms with E-state index in [9.17, 15) is 4.79 Å². The second-order valence-corrected chi connectivity index (χ2v) is 4.16. The van der Waals surface area contributed by atoms with Gasteiger partial charge in [0.15, 0.2) is 0 Å². The van der Waals surface area contributed by atoms with Gasteiger partial charge >= 0.3 is 0 Å². The molecule has 0 atom stereocenters. The topological polar surface area (TPSA) is 47.8 Å². The first-order valence-corrected chi connectivity index (χ1v) is 5.52. The summed E-state index contributed by atoms with van der Waals surface area (Å²) in [5, 5.41) is 0. The van der Waals surface area contributed by atoms with Gasteiger partial charge in [-0.25, -0.2) is 9.97 Å². The molecule has 0 fully saturated rings. The largest absolute Gasteiger partial charge is 0.309 e. The molecular weight excluding hydrogens is 214 g/mol. The minimum Gasteiger partial charge on any atom is -0.309 e. The Bertz CT molecular complexity index is 602. The molecule has 0 bridgehead atoms. The summed E-state index contributed by atoms with van der Waals surface area (Å²) in [6, 6.07) is 3.69. The molecule has 0 saturated heterocycles. The number of hydrogen-bond acceptors (Lipinski definition) is 3. The molecule has 2 aromatic heterocycles. The van der Waals surface area contributed by atoms with Crippen LogP contribution in [0, 0.1) is 20.8 Å². The molecule has 0 aromatic carbocycles. The number of hydrogen-bond donors (Lipinski definition) is 0. The van der Waals surface area contributed by atoms with Crippen LogP contribution in [-0.4, -0.2) is 14.5 Å². The third-order valence-corrected chi connectivity index (χ3v) is 2.97. The third kappa shape index (κ3) is 2.25. The van der Waals surface area contributed by atoms with Crippen molar-refractivity contribution in [2.75, 3.05) is 0 Å². The monoisotopic (exact) mass is 229 g/mol. The summed E-state index contributed by atoms with van der Waals surface area (Å²) in [7, 11) is 0. The Balaban J connectivity index is 2.42. The lowest BCUT2D eigenvalue weighted by Crippen LogP contribution is -2.22. The average Bonchev–Trinajstić information content (AvgIpc) is 2.31. The standard InChI is InChI=1S/C13H15N3O/c1-9-5-4-6-16(13(9)17)7-12-10(2)11(3)14-8-15-12/h4-6,8H,7H2,1-3H3. The van der Waals surface area contributed by atoms with Crippen molar-refractivity contribution in [1.29, 1.82) is 0 Å². The molecule has 0 aliphatic heterocycles. The molecule has 0 N–H and O–H groups in total. The Morgan fingerprint density at radius 3 is 2.76 bits per heavy atom. The van der Waals surface area contributed by atoms with Crippen molar-refractivity contribution >= 4 is 0 Å². The molecule has 0 spiro atoms. The van der Waals surface area contributed by atoms with Crippen LogP contribution in [-0.2, 0) is 6.54 Å². The van der Waals surface area contributed by atoms with Crippen LogP contribution in [0.25, 0.3) is 0 Å². The van der Waals surface area contributed by atoms with Gasteiger partial charge in [0, 0.05) is 17.5 Å². The van der Waals surface area contributed by atoms with E-state index in [1.807, 2.05) is 32.9 Å². The zero-order valence-electron chi connectivity index (χ0n) is 10.3. The summed E-state index contributed by atoms with van der Waals surface area (Å²) < 4.78 is 1.67. The Morgan fingerprint density at radius 1 is 1.24 bits per heavy atom. The first-order valence-electron chi connectivity index (χ1n) is 5.52. The maximum Gasteiger partial charge on any atom is 0.253 e. The highest BCUT2D eigenvalue weighted by molar-refractivity contribution is 5.22. The third-order valence-electron chi connectivity index (χ3n) is 2.97. The molecule has 17 heavy (non-hydrogen) atoms. The summed E-state index contributed by atoms with van der Waals surface area (Å²) in [5.74, 6) is 0. The number of aryl methyl sites for hydroxylation is 2. The van der Waals surface area contributed by atoms with Gasteiger partial charge in [0.05, 0.1) is 12.2 Å². The molecule has 0 aliphatic rings. The van der Waals surface area contributed by atoms with E-state index in [2.05, 4.69) is 9.97 Å². The molecule has 4 heteroatoms. The Labute approximate surface area is 100.0 Å². The van der Waals surface area contributed by atoms with Crippen LogP contribution >= 0.6 is 0 Å². The van der Waals surface area contributed by atoms with E-state index >= 15 is 0 Å². The predicted molar refractivity (Wildman–Crippen MR) is 66.0 cm³/mol. The van der Waals surface area contributed by atoms with Crippen LogP contribution in [0.4, 0.5) is 0 Å². The number of nitrogens with zero attached hydrogens (tertiary/aromatic N) is 3. The van der Waals surface area contributed by atoms with E-state index in [-0.39, 0.29) is 5.56 Å². The van der Waals surface area contributed by atoms with Crippen LogP contribution in [0.3, 0.4) is 0 Å². The second-order valence-electron chi connectivity index (χ2n) is 4.16. The minimum atomic E-state index is 0.0307. The van der Waals surface area contributed by atoms with Crippen molar-refractivity contribution in [3.63, 3.8) is 0 Å². The van der Waals surface area contributed by atoms with Crippen LogP contribution in [0.5, 0.6) is 0 Å². The average molecular weight is 229 g/mol. The first-order chi connectivity index (χ1) is 8.09. The number of aromatic nitrogens is 3. The zero-order valence-corrected chi connectivity index (χ0v) is 10.3. The molecule has 0 unspecified atom stereocenters. The van der Waals surface area contributed by atoms with Gasteiger partial charge in [-0.2, -0.15) is 0 Å². The number of rotatable bonds is 2. The van der Waals surface area contributed by atoms with E-state index in [1.165, 1.54) is 0 Å². The molecule has 2 heterocycles. The van der Waals surface area contributed by atoms with E-state index in [1.54, 1.807) is 17.1 Å². The molecular formula is C13H15N3O. The van der Waals surface area contributed by atoms with Gasteiger partial charge in [-0.05, 0) is 32.4 Å². The molecule has 2 aromatic rings. The Hall–Kier alpha value is -1.97. The molecule has 0 saturated carbocycles. The lowest BCUT2D eigenvalue weighted by atomic mass is 10.2. The molecule has 4 nitrogen and oxygen atoms in total. The fourth-order valence-corrected chi connectivity index (χ4v) is 1.69. The van der Waals surface area contributed by atoms with Crippen LogP contribution < -0.4 is 5.56 Å². The highest BCUT2D eigenvalue weighted by Crippen LogP contribution is 2.08. The van der Waals surface area contributed by atoms with Crippen molar-refractivity contribution in [3.8, 4) is 0 Å². The summed E-state index contributed by atoms with van der Waals surface area (Å²) in [6.07, 6.45) is 3.32.